The Morgan fingerprint density at radius 3 is 2.80 bits per heavy atom. The standard InChI is InChI=1S/C23H26N2O5/c1-15-17(4-3-9-24-15)13-29-18-5-6-20-19(12-18)21(16(2)30-20)22(27)25-23(14-26)7-10-28-11-8-23/h3-6,9,12,26H,7-8,10-11,13-14H2,1-2H3,(H,25,27). The van der Waals surface area contributed by atoms with E-state index in [0.717, 1.165) is 11.3 Å². The van der Waals surface area contributed by atoms with E-state index in [-0.39, 0.29) is 12.5 Å². The summed E-state index contributed by atoms with van der Waals surface area (Å²) in [6.07, 6.45) is 2.90. The Kier molecular flexibility index (Phi) is 5.74. The van der Waals surface area contributed by atoms with E-state index in [1.807, 2.05) is 31.2 Å². The third kappa shape index (κ3) is 4.04. The van der Waals surface area contributed by atoms with Crippen molar-refractivity contribution < 1.29 is 23.8 Å². The van der Waals surface area contributed by atoms with Crippen LogP contribution in [-0.4, -0.2) is 41.4 Å². The number of rotatable bonds is 6. The van der Waals surface area contributed by atoms with E-state index in [0.29, 0.717) is 60.7 Å². The zero-order valence-corrected chi connectivity index (χ0v) is 17.2. The van der Waals surface area contributed by atoms with Gasteiger partial charge in [-0.25, -0.2) is 0 Å². The van der Waals surface area contributed by atoms with Crippen LogP contribution in [0.4, 0.5) is 0 Å². The smallest absolute Gasteiger partial charge is 0.255 e. The molecule has 3 heterocycles. The molecule has 158 valence electrons. The van der Waals surface area contributed by atoms with Crippen molar-refractivity contribution in [2.45, 2.75) is 38.8 Å². The van der Waals surface area contributed by atoms with Crippen LogP contribution in [0.3, 0.4) is 0 Å². The lowest BCUT2D eigenvalue weighted by Crippen LogP contribution is -2.54. The van der Waals surface area contributed by atoms with Crippen molar-refractivity contribution in [2.75, 3.05) is 19.8 Å². The molecule has 0 unspecified atom stereocenters. The maximum absolute atomic E-state index is 13.1. The second kappa shape index (κ2) is 8.45. The number of nitrogens with one attached hydrogen (secondary N) is 1. The average molecular weight is 410 g/mol. The number of hydrogen-bond acceptors (Lipinski definition) is 6. The van der Waals surface area contributed by atoms with Crippen molar-refractivity contribution in [1.82, 2.24) is 10.3 Å². The molecule has 2 N–H and O–H groups in total. The van der Waals surface area contributed by atoms with Gasteiger partial charge in [0.1, 0.15) is 23.7 Å². The van der Waals surface area contributed by atoms with E-state index in [9.17, 15) is 9.90 Å². The minimum atomic E-state index is -0.669. The Balaban J connectivity index is 1.58. The molecule has 1 aliphatic rings. The van der Waals surface area contributed by atoms with Crippen molar-refractivity contribution in [3.05, 3.63) is 59.1 Å². The highest BCUT2D eigenvalue weighted by atomic mass is 16.5. The van der Waals surface area contributed by atoms with Crippen molar-refractivity contribution in [2.24, 2.45) is 0 Å². The number of benzene rings is 1. The molecular weight excluding hydrogens is 384 g/mol. The van der Waals surface area contributed by atoms with Gasteiger partial charge < -0.3 is 24.3 Å². The number of fused-ring (bicyclic) bond motifs is 1. The number of carbonyl (C=O) groups excluding carboxylic acids is 1. The number of aliphatic hydroxyl groups excluding tert-OH is 1. The lowest BCUT2D eigenvalue weighted by Gasteiger charge is -2.36. The summed E-state index contributed by atoms with van der Waals surface area (Å²) in [4.78, 5) is 17.4. The second-order valence-electron chi connectivity index (χ2n) is 7.73. The van der Waals surface area contributed by atoms with E-state index in [4.69, 9.17) is 13.9 Å². The van der Waals surface area contributed by atoms with E-state index in [1.54, 1.807) is 19.2 Å². The van der Waals surface area contributed by atoms with Gasteiger partial charge in [0, 0.05) is 36.1 Å². The van der Waals surface area contributed by atoms with Gasteiger partial charge in [0.25, 0.3) is 5.91 Å². The number of aryl methyl sites for hydroxylation is 2. The molecule has 0 spiro atoms. The fourth-order valence-corrected chi connectivity index (χ4v) is 3.79. The SMILES string of the molecule is Cc1ncccc1COc1ccc2oc(C)c(C(=O)NC3(CO)CCOCC3)c2c1. The van der Waals surface area contributed by atoms with Crippen molar-refractivity contribution >= 4 is 16.9 Å². The maximum Gasteiger partial charge on any atom is 0.255 e. The Bertz CT molecular complexity index is 1050. The fraction of sp³-hybridized carbons (Fsp3) is 0.391. The van der Waals surface area contributed by atoms with Gasteiger partial charge in [0.2, 0.25) is 0 Å². The van der Waals surface area contributed by atoms with Gasteiger partial charge in [-0.05, 0) is 51.0 Å². The van der Waals surface area contributed by atoms with E-state index in [2.05, 4.69) is 10.3 Å². The lowest BCUT2D eigenvalue weighted by atomic mass is 9.90. The molecule has 0 saturated carbocycles. The highest BCUT2D eigenvalue weighted by Gasteiger charge is 2.35. The molecule has 0 aliphatic carbocycles. The number of furan rings is 1. The largest absolute Gasteiger partial charge is 0.489 e. The van der Waals surface area contributed by atoms with Crippen molar-refractivity contribution in [3.63, 3.8) is 0 Å². The van der Waals surface area contributed by atoms with Crippen LogP contribution >= 0.6 is 0 Å². The first-order valence-electron chi connectivity index (χ1n) is 10.1. The van der Waals surface area contributed by atoms with Gasteiger partial charge in [-0.15, -0.1) is 0 Å². The monoisotopic (exact) mass is 410 g/mol. The lowest BCUT2D eigenvalue weighted by molar-refractivity contribution is 0.0125. The molecule has 1 amide bonds. The van der Waals surface area contributed by atoms with Gasteiger partial charge >= 0.3 is 0 Å². The zero-order valence-electron chi connectivity index (χ0n) is 17.2. The Morgan fingerprint density at radius 1 is 1.27 bits per heavy atom. The molecule has 0 atom stereocenters. The average Bonchev–Trinajstić information content (AvgIpc) is 3.09. The van der Waals surface area contributed by atoms with Crippen LogP contribution in [0, 0.1) is 13.8 Å². The van der Waals surface area contributed by atoms with Gasteiger partial charge in [0.15, 0.2) is 0 Å². The van der Waals surface area contributed by atoms with Crippen LogP contribution in [-0.2, 0) is 11.3 Å². The molecule has 0 radical (unpaired) electrons. The normalized spacial score (nSPS) is 15.8. The van der Waals surface area contributed by atoms with Crippen LogP contribution in [0.2, 0.25) is 0 Å². The molecule has 2 aromatic heterocycles. The quantitative estimate of drug-likeness (QED) is 0.648. The molecule has 1 fully saturated rings. The van der Waals surface area contributed by atoms with E-state index >= 15 is 0 Å². The molecule has 7 nitrogen and oxygen atoms in total. The highest BCUT2D eigenvalue weighted by molar-refractivity contribution is 6.07. The van der Waals surface area contributed by atoms with E-state index < -0.39 is 5.54 Å². The van der Waals surface area contributed by atoms with Crippen LogP contribution < -0.4 is 10.1 Å². The molecular formula is C23H26N2O5. The number of ether oxygens (including phenoxy) is 2. The van der Waals surface area contributed by atoms with Crippen LogP contribution in [0.25, 0.3) is 11.0 Å². The number of pyridine rings is 1. The maximum atomic E-state index is 13.1. The number of nitrogens with zero attached hydrogens (tertiary/aromatic N) is 1. The molecule has 1 saturated heterocycles. The number of hydrogen-bond donors (Lipinski definition) is 2. The van der Waals surface area contributed by atoms with E-state index in [1.165, 1.54) is 0 Å². The summed E-state index contributed by atoms with van der Waals surface area (Å²) in [6.45, 7) is 4.99. The Labute approximate surface area is 175 Å². The minimum Gasteiger partial charge on any atom is -0.489 e. The van der Waals surface area contributed by atoms with Crippen LogP contribution in [0.15, 0.2) is 40.9 Å². The van der Waals surface area contributed by atoms with Gasteiger partial charge in [0.05, 0.1) is 17.7 Å². The second-order valence-corrected chi connectivity index (χ2v) is 7.73. The molecule has 1 aromatic carbocycles. The first-order valence-corrected chi connectivity index (χ1v) is 10.1. The fourth-order valence-electron chi connectivity index (χ4n) is 3.79. The summed E-state index contributed by atoms with van der Waals surface area (Å²) >= 11 is 0. The summed E-state index contributed by atoms with van der Waals surface area (Å²) < 4.78 is 17.1. The molecule has 1 aliphatic heterocycles. The zero-order chi connectivity index (χ0) is 21.1. The van der Waals surface area contributed by atoms with Crippen molar-refractivity contribution in [1.29, 1.82) is 0 Å². The molecule has 4 rings (SSSR count). The minimum absolute atomic E-state index is 0.129. The predicted molar refractivity (Wildman–Crippen MR) is 112 cm³/mol. The molecule has 0 bridgehead atoms. The first-order chi connectivity index (χ1) is 14.5. The van der Waals surface area contributed by atoms with Crippen LogP contribution in [0.1, 0.15) is 40.2 Å². The summed E-state index contributed by atoms with van der Waals surface area (Å²) in [7, 11) is 0. The third-order valence-corrected chi connectivity index (χ3v) is 5.70. The summed E-state index contributed by atoms with van der Waals surface area (Å²) in [6, 6.07) is 9.31. The molecule has 7 heteroatoms. The van der Waals surface area contributed by atoms with Gasteiger partial charge in [-0.2, -0.15) is 0 Å². The van der Waals surface area contributed by atoms with Gasteiger partial charge in [-0.3, -0.25) is 9.78 Å². The first kappa shape index (κ1) is 20.4. The number of carbonyl (C=O) groups is 1. The van der Waals surface area contributed by atoms with Crippen molar-refractivity contribution in [3.8, 4) is 5.75 Å². The highest BCUT2D eigenvalue weighted by Crippen LogP contribution is 2.31. The molecule has 30 heavy (non-hydrogen) atoms. The number of aromatic nitrogens is 1. The Hall–Kier alpha value is -2.90. The predicted octanol–water partition coefficient (Wildman–Crippen LogP) is 3.29. The number of aliphatic hydroxyl groups is 1. The topological polar surface area (TPSA) is 93.8 Å². The number of amides is 1. The summed E-state index contributed by atoms with van der Waals surface area (Å²) in [5.41, 5.74) is 2.34. The summed E-state index contributed by atoms with van der Waals surface area (Å²) in [5.74, 6) is 0.911. The van der Waals surface area contributed by atoms with Gasteiger partial charge in [-0.1, -0.05) is 6.07 Å². The molecule has 3 aromatic rings. The summed E-state index contributed by atoms with van der Waals surface area (Å²) in [5, 5.41) is 13.6. The van der Waals surface area contributed by atoms with Crippen LogP contribution in [0.5, 0.6) is 5.75 Å². The Morgan fingerprint density at radius 2 is 2.07 bits per heavy atom. The third-order valence-electron chi connectivity index (χ3n) is 5.70.